The maximum Gasteiger partial charge on any atom is 0.0911 e. The van der Waals surface area contributed by atoms with Gasteiger partial charge >= 0.3 is 0 Å². The number of hydrogen-bond donors (Lipinski definition) is 0. The maximum atomic E-state index is 2.77. The van der Waals surface area contributed by atoms with E-state index in [1.165, 1.54) is 80.1 Å². The van der Waals surface area contributed by atoms with Crippen LogP contribution in [0.3, 0.4) is 0 Å². The molecule has 1 heterocycles. The van der Waals surface area contributed by atoms with E-state index in [-0.39, 0.29) is 0 Å². The topological polar surface area (TPSA) is 6.48 Å². The first-order chi connectivity index (χ1) is 18.4. The molecule has 0 bridgehead atoms. The molecule has 37 heavy (non-hydrogen) atoms. The van der Waals surface area contributed by atoms with Gasteiger partial charge in [-0.2, -0.15) is 0 Å². The highest BCUT2D eigenvalue weighted by Crippen LogP contribution is 2.46. The molecule has 0 N–H and O–H groups in total. The van der Waals surface area contributed by atoms with E-state index < -0.39 is 0 Å². The average Bonchev–Trinajstić information content (AvgIpc) is 3.33. The molecule has 0 radical (unpaired) electrons. The molecule has 2 nitrogen and oxygen atoms in total. The molecular formula is C35H30N2. The Labute approximate surface area is 217 Å². The quantitative estimate of drug-likeness (QED) is 0.229. The summed E-state index contributed by atoms with van der Waals surface area (Å²) in [6.45, 7) is 0.922. The van der Waals surface area contributed by atoms with E-state index in [9.17, 15) is 0 Å². The minimum Gasteiger partial charge on any atom is -0.348 e. The summed E-state index contributed by atoms with van der Waals surface area (Å²) in [5.74, 6) is 0. The van der Waals surface area contributed by atoms with Gasteiger partial charge in [-0.25, -0.2) is 0 Å². The van der Waals surface area contributed by atoms with Gasteiger partial charge in [-0.1, -0.05) is 110 Å². The summed E-state index contributed by atoms with van der Waals surface area (Å²) in [5, 5.41) is 10.8. The van der Waals surface area contributed by atoms with Crippen LogP contribution in [0.15, 0.2) is 109 Å². The Hall–Kier alpha value is -4.04. The molecule has 0 amide bonds. The molecule has 2 fully saturated rings. The third-order valence-electron chi connectivity index (χ3n) is 8.86. The molecule has 1 aliphatic heterocycles. The number of benzene rings is 6. The van der Waals surface area contributed by atoms with Crippen LogP contribution in [-0.4, -0.2) is 18.8 Å². The van der Waals surface area contributed by atoms with Gasteiger partial charge in [0, 0.05) is 21.5 Å². The van der Waals surface area contributed by atoms with Gasteiger partial charge in [-0.15, -0.1) is 0 Å². The predicted molar refractivity (Wildman–Crippen MR) is 159 cm³/mol. The van der Waals surface area contributed by atoms with Crippen LogP contribution in [0.5, 0.6) is 0 Å². The molecule has 0 spiro atoms. The summed E-state index contributed by atoms with van der Waals surface area (Å²) in [7, 11) is 0. The average molecular weight is 479 g/mol. The van der Waals surface area contributed by atoms with Gasteiger partial charge in [-0.05, 0) is 46.5 Å². The Morgan fingerprint density at radius 3 is 1.11 bits per heavy atom. The molecule has 1 saturated carbocycles. The van der Waals surface area contributed by atoms with Crippen LogP contribution in [0.2, 0.25) is 0 Å². The number of hydrogen-bond acceptors (Lipinski definition) is 2. The van der Waals surface area contributed by atoms with Crippen molar-refractivity contribution in [2.24, 2.45) is 0 Å². The molecule has 8 rings (SSSR count). The Balaban J connectivity index is 1.39. The lowest BCUT2D eigenvalue weighted by atomic mass is 9.88. The third kappa shape index (κ3) is 3.18. The predicted octanol–water partition coefficient (Wildman–Crippen LogP) is 8.89. The standard InChI is InChI=1S/C35H30N2/c1-5-15-28-24(11-1)21-25-12-2-6-16-29(25)34(28)36-23-37(33-20-10-9-19-32(33)36)35-30-17-7-3-13-26(30)22-27-14-4-8-18-31(27)35/h1-8,11-18,21-22,32-33H,9-10,19-20,23H2. The Kier molecular flexibility index (Phi) is 4.70. The monoisotopic (exact) mass is 478 g/mol. The molecule has 6 aromatic rings. The molecule has 2 heteroatoms. The molecule has 180 valence electrons. The van der Waals surface area contributed by atoms with Crippen LogP contribution in [-0.2, 0) is 0 Å². The van der Waals surface area contributed by atoms with E-state index in [1.807, 2.05) is 0 Å². The first-order valence-electron chi connectivity index (χ1n) is 13.7. The van der Waals surface area contributed by atoms with Gasteiger partial charge in [0.25, 0.3) is 0 Å². The number of rotatable bonds is 2. The SMILES string of the molecule is c1ccc2c(N3CN(c4c5ccccc5cc5ccccc45)C4CCCCC43)c3ccccc3cc2c1. The Morgan fingerprint density at radius 2 is 0.757 bits per heavy atom. The zero-order valence-corrected chi connectivity index (χ0v) is 21.0. The van der Waals surface area contributed by atoms with Gasteiger partial charge in [-0.3, -0.25) is 0 Å². The van der Waals surface area contributed by atoms with Crippen molar-refractivity contribution in [3.63, 3.8) is 0 Å². The number of fused-ring (bicyclic) bond motifs is 5. The summed E-state index contributed by atoms with van der Waals surface area (Å²) in [6, 6.07) is 41.6. The smallest absolute Gasteiger partial charge is 0.0911 e. The van der Waals surface area contributed by atoms with Crippen LogP contribution in [0.4, 0.5) is 11.4 Å². The zero-order valence-electron chi connectivity index (χ0n) is 21.0. The Bertz CT molecular complexity index is 1560. The van der Waals surface area contributed by atoms with E-state index in [0.29, 0.717) is 12.1 Å². The molecule has 1 aliphatic carbocycles. The fourth-order valence-electron chi connectivity index (χ4n) is 7.26. The van der Waals surface area contributed by atoms with Crippen molar-refractivity contribution in [3.8, 4) is 0 Å². The largest absolute Gasteiger partial charge is 0.348 e. The lowest BCUT2D eigenvalue weighted by molar-refractivity contribution is 0.410. The van der Waals surface area contributed by atoms with Crippen LogP contribution < -0.4 is 9.80 Å². The maximum absolute atomic E-state index is 2.77. The zero-order chi connectivity index (χ0) is 24.3. The van der Waals surface area contributed by atoms with Crippen LogP contribution in [0.1, 0.15) is 25.7 Å². The van der Waals surface area contributed by atoms with Crippen molar-refractivity contribution in [2.75, 3.05) is 16.5 Å². The van der Waals surface area contributed by atoms with E-state index in [4.69, 9.17) is 0 Å². The van der Waals surface area contributed by atoms with Gasteiger partial charge in [0.15, 0.2) is 0 Å². The second-order valence-electron chi connectivity index (χ2n) is 10.8. The van der Waals surface area contributed by atoms with E-state index >= 15 is 0 Å². The van der Waals surface area contributed by atoms with E-state index in [0.717, 1.165) is 6.67 Å². The van der Waals surface area contributed by atoms with Gasteiger partial charge in [0.05, 0.1) is 30.1 Å². The van der Waals surface area contributed by atoms with Gasteiger partial charge in [0.2, 0.25) is 0 Å². The summed E-state index contributed by atoms with van der Waals surface area (Å²) in [6.07, 6.45) is 5.12. The van der Waals surface area contributed by atoms with E-state index in [1.54, 1.807) is 0 Å². The first-order valence-corrected chi connectivity index (χ1v) is 13.7. The first kappa shape index (κ1) is 21.1. The number of nitrogens with zero attached hydrogens (tertiary/aromatic N) is 2. The highest BCUT2D eigenvalue weighted by atomic mass is 15.4. The minimum absolute atomic E-state index is 0.515. The van der Waals surface area contributed by atoms with Crippen LogP contribution >= 0.6 is 0 Å². The van der Waals surface area contributed by atoms with Crippen molar-refractivity contribution in [1.29, 1.82) is 0 Å². The van der Waals surface area contributed by atoms with Gasteiger partial charge < -0.3 is 9.80 Å². The molecule has 0 aromatic heterocycles. The van der Waals surface area contributed by atoms with Crippen molar-refractivity contribution >= 4 is 54.5 Å². The molecule has 6 aromatic carbocycles. The molecule has 2 unspecified atom stereocenters. The molecule has 2 aliphatic rings. The third-order valence-corrected chi connectivity index (χ3v) is 8.86. The Morgan fingerprint density at radius 1 is 0.432 bits per heavy atom. The fraction of sp³-hybridized carbons (Fsp3) is 0.200. The normalized spacial score (nSPS) is 19.8. The highest BCUT2D eigenvalue weighted by Gasteiger charge is 2.43. The van der Waals surface area contributed by atoms with Crippen molar-refractivity contribution in [3.05, 3.63) is 109 Å². The van der Waals surface area contributed by atoms with Crippen molar-refractivity contribution in [2.45, 2.75) is 37.8 Å². The van der Waals surface area contributed by atoms with Gasteiger partial charge in [0.1, 0.15) is 0 Å². The lowest BCUT2D eigenvalue weighted by Gasteiger charge is -2.34. The summed E-state index contributed by atoms with van der Waals surface area (Å²) in [5.41, 5.74) is 2.83. The molecule has 2 atom stereocenters. The fourth-order valence-corrected chi connectivity index (χ4v) is 7.26. The summed E-state index contributed by atoms with van der Waals surface area (Å²) < 4.78 is 0. The van der Waals surface area contributed by atoms with E-state index in [2.05, 4.69) is 119 Å². The minimum atomic E-state index is 0.515. The number of anilines is 2. The second kappa shape index (κ2) is 8.24. The van der Waals surface area contributed by atoms with Crippen LogP contribution in [0, 0.1) is 0 Å². The van der Waals surface area contributed by atoms with Crippen molar-refractivity contribution in [1.82, 2.24) is 0 Å². The lowest BCUT2D eigenvalue weighted by Crippen LogP contribution is -2.40. The van der Waals surface area contributed by atoms with Crippen molar-refractivity contribution < 1.29 is 0 Å². The summed E-state index contributed by atoms with van der Waals surface area (Å²) in [4.78, 5) is 5.54. The highest BCUT2D eigenvalue weighted by molar-refractivity contribution is 6.13. The molecule has 1 saturated heterocycles. The second-order valence-corrected chi connectivity index (χ2v) is 10.8. The summed E-state index contributed by atoms with van der Waals surface area (Å²) >= 11 is 0. The van der Waals surface area contributed by atoms with Crippen LogP contribution in [0.25, 0.3) is 43.1 Å². The molecular weight excluding hydrogens is 448 g/mol.